The van der Waals surface area contributed by atoms with Crippen molar-refractivity contribution in [3.63, 3.8) is 0 Å². The van der Waals surface area contributed by atoms with Gasteiger partial charge >= 0.3 is 19.5 Å². The van der Waals surface area contributed by atoms with Crippen LogP contribution < -0.4 is 0 Å². The lowest BCUT2D eigenvalue weighted by molar-refractivity contribution is -0.160. The molecule has 0 saturated carbocycles. The number of carbonyl (C=O) groups excluding carboxylic acids is 2. The van der Waals surface area contributed by atoms with Crippen molar-refractivity contribution in [2.24, 2.45) is 10.8 Å². The minimum atomic E-state index is -4.62. The van der Waals surface area contributed by atoms with Crippen LogP contribution in [0.1, 0.15) is 83.6 Å². The summed E-state index contributed by atoms with van der Waals surface area (Å²) in [6, 6.07) is 17.1. The average molecular weight is 682 g/mol. The number of aryl methyl sites for hydroxylation is 1. The summed E-state index contributed by atoms with van der Waals surface area (Å²) in [6.45, 7) is 11.8. The maximum Gasteiger partial charge on any atom is 0.342 e. The molecule has 258 valence electrons. The molecule has 0 heterocycles. The second kappa shape index (κ2) is 17.2. The van der Waals surface area contributed by atoms with E-state index in [4.69, 9.17) is 18.5 Å². The molecule has 46 heavy (non-hydrogen) atoms. The zero-order chi connectivity index (χ0) is 34.8. The van der Waals surface area contributed by atoms with E-state index >= 15 is 0 Å². The third-order valence-electron chi connectivity index (χ3n) is 7.28. The Kier molecular flexibility index (Phi) is 14.9. The van der Waals surface area contributed by atoms with Crippen LogP contribution in [-0.4, -0.2) is 65.5 Å². The zero-order valence-corrected chi connectivity index (χ0v) is 30.4. The minimum absolute atomic E-state index is 0.0160. The highest BCUT2D eigenvalue weighted by Gasteiger charge is 2.43. The van der Waals surface area contributed by atoms with E-state index < -0.39 is 56.7 Å². The molecular weight excluding hydrogens is 628 g/mol. The van der Waals surface area contributed by atoms with Gasteiger partial charge in [0.15, 0.2) is 6.79 Å². The molecule has 0 aliphatic rings. The molecule has 12 heteroatoms. The Hall–Kier alpha value is -2.29. The second-order valence-corrected chi connectivity index (χ2v) is 18.5. The number of hydrogen-bond acceptors (Lipinski definition) is 9. The average Bonchev–Trinajstić information content (AvgIpc) is 2.95. The molecule has 2 rings (SSSR count). The fourth-order valence-electron chi connectivity index (χ4n) is 4.35. The van der Waals surface area contributed by atoms with Gasteiger partial charge in [0.1, 0.15) is 12.7 Å². The predicted molar refractivity (Wildman–Crippen MR) is 184 cm³/mol. The van der Waals surface area contributed by atoms with Crippen molar-refractivity contribution in [2.45, 2.75) is 86.1 Å². The lowest BCUT2D eigenvalue weighted by Gasteiger charge is -2.31. The predicted octanol–water partition coefficient (Wildman–Crippen LogP) is 6.96. The van der Waals surface area contributed by atoms with Gasteiger partial charge in [-0.2, -0.15) is 0 Å². The van der Waals surface area contributed by atoms with Crippen LogP contribution in [0.5, 0.6) is 0 Å². The van der Waals surface area contributed by atoms with Gasteiger partial charge in [-0.3, -0.25) is 23.2 Å². The number of rotatable bonds is 17. The molecule has 0 spiro atoms. The van der Waals surface area contributed by atoms with Gasteiger partial charge in [-0.05, 0) is 103 Å². The summed E-state index contributed by atoms with van der Waals surface area (Å²) < 4.78 is 34.0. The van der Waals surface area contributed by atoms with Crippen LogP contribution in [-0.2, 0) is 52.1 Å². The SMILES string of the molecule is C=P(O)(OCOC(=O)C(C)(C)C)C(CCCN(C)Cc1ccc(Cc2ccc(CC)cc2)cc1)P(=O)(O)OCOC(=O)C(C)(C)C. The van der Waals surface area contributed by atoms with Gasteiger partial charge in [-0.1, -0.05) is 61.8 Å². The van der Waals surface area contributed by atoms with Crippen molar-refractivity contribution in [2.75, 3.05) is 27.2 Å². The fraction of sp³-hybridized carbons (Fsp3) is 0.559. The van der Waals surface area contributed by atoms with Crippen LogP contribution in [0.15, 0.2) is 48.5 Å². The van der Waals surface area contributed by atoms with Gasteiger partial charge < -0.3 is 24.2 Å². The van der Waals surface area contributed by atoms with Gasteiger partial charge in [0.05, 0.1) is 10.8 Å². The smallest absolute Gasteiger partial charge is 0.342 e. The largest absolute Gasteiger partial charge is 0.438 e. The first kappa shape index (κ1) is 39.9. The van der Waals surface area contributed by atoms with Crippen molar-refractivity contribution >= 4 is 33.2 Å². The molecule has 3 unspecified atom stereocenters. The molecule has 3 atom stereocenters. The van der Waals surface area contributed by atoms with Gasteiger partial charge in [-0.25, -0.2) is 0 Å². The van der Waals surface area contributed by atoms with Gasteiger partial charge in [0, 0.05) is 6.54 Å². The number of hydrogen-bond donors (Lipinski definition) is 2. The van der Waals surface area contributed by atoms with Crippen LogP contribution >= 0.6 is 14.9 Å². The molecule has 0 bridgehead atoms. The van der Waals surface area contributed by atoms with E-state index in [0.717, 1.165) is 18.4 Å². The number of esters is 2. The molecule has 0 saturated heterocycles. The third-order valence-corrected chi connectivity index (χ3v) is 12.5. The summed E-state index contributed by atoms with van der Waals surface area (Å²) in [5.74, 6) is -1.18. The summed E-state index contributed by atoms with van der Waals surface area (Å²) in [5.41, 5.74) is 3.27. The Morgan fingerprint density at radius 3 is 1.70 bits per heavy atom. The van der Waals surface area contributed by atoms with E-state index in [1.165, 1.54) is 16.7 Å². The topological polar surface area (TPSA) is 132 Å². The normalized spacial score (nSPS) is 15.5. The molecular formula is C34H53NO9P2. The summed E-state index contributed by atoms with van der Waals surface area (Å²) in [5, 5.41) is -1.43. The van der Waals surface area contributed by atoms with Crippen molar-refractivity contribution in [1.82, 2.24) is 4.90 Å². The molecule has 2 aromatic carbocycles. The number of nitrogens with zero attached hydrogens (tertiary/aromatic N) is 1. The highest BCUT2D eigenvalue weighted by molar-refractivity contribution is 7.77. The third kappa shape index (κ3) is 13.4. The van der Waals surface area contributed by atoms with E-state index in [0.29, 0.717) is 19.5 Å². The minimum Gasteiger partial charge on any atom is -0.438 e. The van der Waals surface area contributed by atoms with Crippen LogP contribution in [0.2, 0.25) is 0 Å². The highest BCUT2D eigenvalue weighted by Crippen LogP contribution is 2.66. The molecule has 0 aliphatic heterocycles. The summed E-state index contributed by atoms with van der Waals surface area (Å²) in [6.07, 6.45) is 6.00. The van der Waals surface area contributed by atoms with Crippen molar-refractivity contribution in [3.05, 3.63) is 70.8 Å². The maximum absolute atomic E-state index is 13.4. The monoisotopic (exact) mass is 681 g/mol. The first-order valence-corrected chi connectivity index (χ1v) is 19.1. The fourth-order valence-corrected chi connectivity index (χ4v) is 8.45. The Morgan fingerprint density at radius 1 is 0.804 bits per heavy atom. The lowest BCUT2D eigenvalue weighted by Crippen LogP contribution is -2.25. The zero-order valence-electron chi connectivity index (χ0n) is 28.7. The quantitative estimate of drug-likeness (QED) is 0.103. The Balaban J connectivity index is 2.02. The Morgan fingerprint density at radius 2 is 1.24 bits per heavy atom. The first-order valence-electron chi connectivity index (χ1n) is 15.5. The molecule has 10 nitrogen and oxygen atoms in total. The van der Waals surface area contributed by atoms with Crippen molar-refractivity contribution in [1.29, 1.82) is 0 Å². The van der Waals surface area contributed by atoms with Crippen LogP contribution in [0, 0.1) is 10.8 Å². The maximum atomic E-state index is 13.4. The molecule has 2 aromatic rings. The van der Waals surface area contributed by atoms with Gasteiger partial charge in [0.25, 0.3) is 0 Å². The second-order valence-electron chi connectivity index (χ2n) is 13.7. The molecule has 2 N–H and O–H groups in total. The van der Waals surface area contributed by atoms with E-state index in [-0.39, 0.29) is 6.42 Å². The van der Waals surface area contributed by atoms with Crippen LogP contribution in [0.3, 0.4) is 0 Å². The number of benzene rings is 2. The molecule has 0 aliphatic carbocycles. The van der Waals surface area contributed by atoms with E-state index in [2.05, 4.69) is 66.7 Å². The van der Waals surface area contributed by atoms with Gasteiger partial charge in [0.2, 0.25) is 6.79 Å². The summed E-state index contributed by atoms with van der Waals surface area (Å²) >= 11 is 0. The van der Waals surface area contributed by atoms with E-state index in [1.54, 1.807) is 41.5 Å². The van der Waals surface area contributed by atoms with Gasteiger partial charge in [-0.15, -0.1) is 0 Å². The van der Waals surface area contributed by atoms with E-state index in [1.807, 2.05) is 7.05 Å². The summed E-state index contributed by atoms with van der Waals surface area (Å²) in [4.78, 5) is 48.4. The Labute approximate surface area is 275 Å². The van der Waals surface area contributed by atoms with E-state index in [9.17, 15) is 23.9 Å². The highest BCUT2D eigenvalue weighted by atomic mass is 31.2. The number of carbonyl (C=O) groups is 2. The molecule has 0 amide bonds. The molecule has 0 aromatic heterocycles. The standard InChI is InChI=1S/C34H53NO9P2/c1-10-26-13-15-27(16-14-26)22-28-17-19-29(20-18-28)23-35(8)21-11-12-30(45(9,38)43-24-41-31(36)33(2,3)4)46(39,40)44-25-42-32(37)34(5,6)7/h13-20,30,38H,9-12,21-25H2,1-8H3,(H,39,40). The summed E-state index contributed by atoms with van der Waals surface area (Å²) in [7, 11) is -6.55. The molecule has 0 radical (unpaired) electrons. The van der Waals surface area contributed by atoms with Crippen LogP contribution in [0.4, 0.5) is 0 Å². The first-order chi connectivity index (χ1) is 21.2. The van der Waals surface area contributed by atoms with Crippen LogP contribution in [0.25, 0.3) is 0 Å². The lowest BCUT2D eigenvalue weighted by atomic mass is 9.98. The van der Waals surface area contributed by atoms with Crippen molar-refractivity contribution < 1.29 is 42.5 Å². The number of ether oxygens (including phenoxy) is 2. The van der Waals surface area contributed by atoms with Crippen molar-refractivity contribution in [3.8, 4) is 0 Å². The molecule has 0 fully saturated rings. The Bertz CT molecular complexity index is 1310.